The molecule has 1 heterocycles. The highest BCUT2D eigenvalue weighted by molar-refractivity contribution is 5.09. The van der Waals surface area contributed by atoms with Crippen LogP contribution in [0.5, 0.6) is 0 Å². The van der Waals surface area contributed by atoms with Gasteiger partial charge in [0.15, 0.2) is 0 Å². The first-order valence-corrected chi connectivity index (χ1v) is 5.22. The third-order valence-electron chi connectivity index (χ3n) is 1.32. The molecule has 1 N–H and O–H groups in total. The average molecular weight is 184 g/mol. The molecule has 1 aromatic heterocycles. The molecule has 78 valence electrons. The van der Waals surface area contributed by atoms with Gasteiger partial charge in [0, 0.05) is 5.69 Å². The van der Waals surface area contributed by atoms with Gasteiger partial charge in [-0.05, 0) is 18.9 Å². The molecule has 2 nitrogen and oxygen atoms in total. The van der Waals surface area contributed by atoms with Crippen molar-refractivity contribution in [3.63, 3.8) is 0 Å². The van der Waals surface area contributed by atoms with Crippen LogP contribution in [0.3, 0.4) is 0 Å². The lowest BCUT2D eigenvalue weighted by molar-refractivity contribution is 0.809. The summed E-state index contributed by atoms with van der Waals surface area (Å²) in [4.78, 5) is 0. The molecule has 0 unspecified atom stereocenters. The number of nitrogens with zero attached hydrogens (tertiary/aromatic N) is 1. The van der Waals surface area contributed by atoms with Gasteiger partial charge in [-0.1, -0.05) is 41.5 Å². The Labute approximate surface area is 82.8 Å². The Kier molecular flexibility index (Phi) is 10.5. The normalized spacial score (nSPS) is 8.31. The molecule has 0 fully saturated rings. The quantitative estimate of drug-likeness (QED) is 0.704. The predicted octanol–water partition coefficient (Wildman–Crippen LogP) is 3.89. The molecule has 1 aromatic rings. The van der Waals surface area contributed by atoms with Gasteiger partial charge >= 0.3 is 0 Å². The first-order chi connectivity index (χ1) is 6.20. The van der Waals surface area contributed by atoms with Gasteiger partial charge in [-0.15, -0.1) is 0 Å². The zero-order valence-corrected chi connectivity index (χ0v) is 10.1. The molecule has 0 bridgehead atoms. The lowest BCUT2D eigenvalue weighted by Crippen LogP contribution is -1.85. The molecule has 0 spiro atoms. The smallest absolute Gasteiger partial charge is 0.0650 e. The Hall–Kier alpha value is -0.790. The second kappa shape index (κ2) is 9.30. The number of aryl methyl sites for hydroxylation is 1. The fourth-order valence-corrected chi connectivity index (χ4v) is 0.735. The maximum atomic E-state index is 4.09. The summed E-state index contributed by atoms with van der Waals surface area (Å²) in [5, 5.41) is 6.99. The first kappa shape index (κ1) is 14.7. The van der Waals surface area contributed by atoms with Gasteiger partial charge in [0.05, 0.1) is 5.69 Å². The molecule has 0 atom stereocenters. The highest BCUT2D eigenvalue weighted by Crippen LogP contribution is 2.10. The summed E-state index contributed by atoms with van der Waals surface area (Å²) in [5.41, 5.74) is 2.28. The maximum absolute atomic E-state index is 4.09. The summed E-state index contributed by atoms with van der Waals surface area (Å²) in [6, 6.07) is 2.07. The second-order valence-electron chi connectivity index (χ2n) is 2.63. The topological polar surface area (TPSA) is 28.7 Å². The lowest BCUT2D eigenvalue weighted by Gasteiger charge is -1.94. The number of rotatable bonds is 1. The van der Waals surface area contributed by atoms with Crippen molar-refractivity contribution < 1.29 is 0 Å². The first-order valence-electron chi connectivity index (χ1n) is 5.22. The lowest BCUT2D eigenvalue weighted by atomic mass is 10.1. The van der Waals surface area contributed by atoms with Crippen LogP contribution in [-0.4, -0.2) is 10.2 Å². The van der Waals surface area contributed by atoms with Crippen LogP contribution in [0.25, 0.3) is 0 Å². The van der Waals surface area contributed by atoms with Gasteiger partial charge in [0.25, 0.3) is 0 Å². The van der Waals surface area contributed by atoms with E-state index in [1.165, 1.54) is 0 Å². The molecular formula is C11H24N2. The molecule has 1 rings (SSSR count). The number of aromatic amines is 1. The van der Waals surface area contributed by atoms with Gasteiger partial charge in [-0.2, -0.15) is 5.10 Å². The van der Waals surface area contributed by atoms with Crippen molar-refractivity contribution in [1.82, 2.24) is 10.2 Å². The third kappa shape index (κ3) is 6.38. The molecule has 0 aliphatic rings. The summed E-state index contributed by atoms with van der Waals surface area (Å²) in [7, 11) is 0. The van der Waals surface area contributed by atoms with Crippen molar-refractivity contribution >= 4 is 0 Å². The second-order valence-corrected chi connectivity index (χ2v) is 2.63. The molecule has 0 saturated heterocycles. The average Bonchev–Trinajstić information content (AvgIpc) is 2.59. The van der Waals surface area contributed by atoms with E-state index in [0.29, 0.717) is 5.92 Å². The zero-order valence-electron chi connectivity index (χ0n) is 10.1. The molecule has 13 heavy (non-hydrogen) atoms. The molecule has 2 heteroatoms. The van der Waals surface area contributed by atoms with Crippen LogP contribution in [0.15, 0.2) is 6.07 Å². The van der Waals surface area contributed by atoms with Crippen molar-refractivity contribution in [2.75, 3.05) is 0 Å². The van der Waals surface area contributed by atoms with Crippen molar-refractivity contribution in [2.45, 2.75) is 54.4 Å². The third-order valence-corrected chi connectivity index (χ3v) is 1.32. The van der Waals surface area contributed by atoms with Crippen molar-refractivity contribution in [1.29, 1.82) is 0 Å². The van der Waals surface area contributed by atoms with E-state index in [4.69, 9.17) is 0 Å². The molecule has 0 saturated carbocycles. The Morgan fingerprint density at radius 3 is 1.77 bits per heavy atom. The van der Waals surface area contributed by atoms with E-state index in [2.05, 4.69) is 30.1 Å². The Balaban J connectivity index is 0. The van der Waals surface area contributed by atoms with Gasteiger partial charge in [-0.3, -0.25) is 5.10 Å². The van der Waals surface area contributed by atoms with E-state index in [1.54, 1.807) is 0 Å². The summed E-state index contributed by atoms with van der Waals surface area (Å²) < 4.78 is 0. The van der Waals surface area contributed by atoms with Crippen LogP contribution in [0.1, 0.15) is 58.8 Å². The van der Waals surface area contributed by atoms with Gasteiger partial charge < -0.3 is 0 Å². The minimum atomic E-state index is 0.537. The summed E-state index contributed by atoms with van der Waals surface area (Å²) in [6.45, 7) is 14.3. The largest absolute Gasteiger partial charge is 0.283 e. The number of aromatic nitrogens is 2. The van der Waals surface area contributed by atoms with Crippen LogP contribution in [0.2, 0.25) is 0 Å². The zero-order chi connectivity index (χ0) is 10.9. The van der Waals surface area contributed by atoms with E-state index in [-0.39, 0.29) is 0 Å². The van der Waals surface area contributed by atoms with E-state index in [1.807, 2.05) is 34.6 Å². The monoisotopic (exact) mass is 184 g/mol. The fourth-order valence-electron chi connectivity index (χ4n) is 0.735. The molecule has 0 radical (unpaired) electrons. The van der Waals surface area contributed by atoms with Gasteiger partial charge in [-0.25, -0.2) is 0 Å². The number of nitrogens with one attached hydrogen (secondary N) is 1. The SMILES string of the molecule is CC.CC.Cc1cc(C(C)C)n[nH]1. The van der Waals surface area contributed by atoms with E-state index >= 15 is 0 Å². The summed E-state index contributed by atoms with van der Waals surface area (Å²) in [6.07, 6.45) is 0. The van der Waals surface area contributed by atoms with Crippen LogP contribution < -0.4 is 0 Å². The van der Waals surface area contributed by atoms with Crippen LogP contribution >= 0.6 is 0 Å². The molecular weight excluding hydrogens is 160 g/mol. The van der Waals surface area contributed by atoms with Crippen LogP contribution in [-0.2, 0) is 0 Å². The number of hydrogen-bond acceptors (Lipinski definition) is 1. The number of hydrogen-bond donors (Lipinski definition) is 1. The maximum Gasteiger partial charge on any atom is 0.0650 e. The van der Waals surface area contributed by atoms with Crippen molar-refractivity contribution in [3.8, 4) is 0 Å². The van der Waals surface area contributed by atoms with Crippen molar-refractivity contribution in [3.05, 3.63) is 17.5 Å². The summed E-state index contributed by atoms with van der Waals surface area (Å²) in [5.74, 6) is 0.537. The van der Waals surface area contributed by atoms with Crippen LogP contribution in [0.4, 0.5) is 0 Å². The fraction of sp³-hybridized carbons (Fsp3) is 0.727. The number of H-pyrrole nitrogens is 1. The highest BCUT2D eigenvalue weighted by Gasteiger charge is 2.00. The Bertz CT molecular complexity index is 190. The molecule has 0 amide bonds. The van der Waals surface area contributed by atoms with E-state index in [0.717, 1.165) is 11.4 Å². The standard InChI is InChI=1S/C7H12N2.2C2H6/c1-5(2)7-4-6(3)8-9-7;2*1-2/h4-5H,1-3H3,(H,8,9);2*1-2H3. The van der Waals surface area contributed by atoms with Crippen LogP contribution in [0, 0.1) is 6.92 Å². The molecule has 0 aliphatic heterocycles. The summed E-state index contributed by atoms with van der Waals surface area (Å²) >= 11 is 0. The Morgan fingerprint density at radius 1 is 1.15 bits per heavy atom. The Morgan fingerprint density at radius 2 is 1.62 bits per heavy atom. The minimum absolute atomic E-state index is 0.537. The minimum Gasteiger partial charge on any atom is -0.283 e. The molecule has 0 aromatic carbocycles. The van der Waals surface area contributed by atoms with Gasteiger partial charge in [0.1, 0.15) is 0 Å². The predicted molar refractivity (Wildman–Crippen MR) is 60.1 cm³/mol. The van der Waals surface area contributed by atoms with E-state index < -0.39 is 0 Å². The molecule has 0 aliphatic carbocycles. The van der Waals surface area contributed by atoms with Crippen molar-refractivity contribution in [2.24, 2.45) is 0 Å². The van der Waals surface area contributed by atoms with E-state index in [9.17, 15) is 0 Å². The van der Waals surface area contributed by atoms with Gasteiger partial charge in [0.2, 0.25) is 0 Å². The highest BCUT2D eigenvalue weighted by atomic mass is 15.1.